The molecule has 0 aliphatic carbocycles. The zero-order valence-corrected chi connectivity index (χ0v) is 16.2. The molecule has 3 aromatic rings. The lowest BCUT2D eigenvalue weighted by Gasteiger charge is -2.40. The van der Waals surface area contributed by atoms with Crippen molar-refractivity contribution in [2.45, 2.75) is 26.8 Å². The molecule has 142 valence electrons. The minimum atomic E-state index is -0.835. The highest BCUT2D eigenvalue weighted by molar-refractivity contribution is 6.14. The molecule has 2 aromatic carbocycles. The monoisotopic (exact) mass is 374 g/mol. The van der Waals surface area contributed by atoms with Crippen molar-refractivity contribution < 1.29 is 14.0 Å². The van der Waals surface area contributed by atoms with E-state index in [-0.39, 0.29) is 18.4 Å². The van der Waals surface area contributed by atoms with Crippen molar-refractivity contribution in [3.8, 4) is 0 Å². The summed E-state index contributed by atoms with van der Waals surface area (Å²) in [6, 6.07) is 16.1. The van der Waals surface area contributed by atoms with E-state index in [0.29, 0.717) is 11.4 Å². The fourth-order valence-corrected chi connectivity index (χ4v) is 3.81. The van der Waals surface area contributed by atoms with Crippen molar-refractivity contribution in [3.63, 3.8) is 0 Å². The van der Waals surface area contributed by atoms with Gasteiger partial charge in [-0.25, -0.2) is 0 Å². The first-order chi connectivity index (χ1) is 13.5. The zero-order chi connectivity index (χ0) is 19.8. The molecule has 1 saturated heterocycles. The van der Waals surface area contributed by atoms with Crippen LogP contribution < -0.4 is 9.80 Å². The fourth-order valence-electron chi connectivity index (χ4n) is 3.81. The molecule has 2 amide bonds. The minimum Gasteiger partial charge on any atom is -0.467 e. The summed E-state index contributed by atoms with van der Waals surface area (Å²) in [5.41, 5.74) is 4.49. The number of anilines is 2. The van der Waals surface area contributed by atoms with Gasteiger partial charge in [0.25, 0.3) is 5.91 Å². The Bertz CT molecular complexity index is 1000. The largest absolute Gasteiger partial charge is 0.467 e. The Hall–Kier alpha value is -3.34. The maximum Gasteiger partial charge on any atom is 0.258 e. The molecule has 1 aromatic heterocycles. The van der Waals surface area contributed by atoms with Crippen LogP contribution in [0.3, 0.4) is 0 Å². The molecule has 0 spiro atoms. The van der Waals surface area contributed by atoms with Gasteiger partial charge >= 0.3 is 0 Å². The summed E-state index contributed by atoms with van der Waals surface area (Å²) in [6.45, 7) is 5.89. The molecule has 0 saturated carbocycles. The average molecular weight is 374 g/mol. The Balaban J connectivity index is 1.83. The summed E-state index contributed by atoms with van der Waals surface area (Å²) < 4.78 is 5.57. The summed E-state index contributed by atoms with van der Waals surface area (Å²) in [5.74, 6) is 0.134. The Kier molecular flexibility index (Phi) is 4.51. The van der Waals surface area contributed by atoms with Crippen LogP contribution in [-0.2, 0) is 9.59 Å². The van der Waals surface area contributed by atoms with E-state index in [4.69, 9.17) is 4.42 Å². The number of hydrogen-bond donors (Lipinski definition) is 0. The summed E-state index contributed by atoms with van der Waals surface area (Å²) >= 11 is 0. The second kappa shape index (κ2) is 7.00. The van der Waals surface area contributed by atoms with Gasteiger partial charge in [-0.3, -0.25) is 14.5 Å². The van der Waals surface area contributed by atoms with Crippen molar-refractivity contribution in [2.75, 3.05) is 16.3 Å². The summed E-state index contributed by atoms with van der Waals surface area (Å²) in [4.78, 5) is 30.0. The van der Waals surface area contributed by atoms with Crippen molar-refractivity contribution in [2.24, 2.45) is 0 Å². The normalized spacial score (nSPS) is 17.3. The van der Waals surface area contributed by atoms with Gasteiger partial charge in [0, 0.05) is 5.69 Å². The molecule has 0 bridgehead atoms. The van der Waals surface area contributed by atoms with Gasteiger partial charge in [-0.05, 0) is 56.2 Å². The number of nitrogens with zero attached hydrogens (tertiary/aromatic N) is 2. The molecule has 2 heterocycles. The number of amides is 2. The first kappa shape index (κ1) is 18.0. The lowest BCUT2D eigenvalue weighted by molar-refractivity contribution is -0.129. The zero-order valence-electron chi connectivity index (χ0n) is 16.2. The van der Waals surface area contributed by atoms with Crippen molar-refractivity contribution >= 4 is 23.2 Å². The van der Waals surface area contributed by atoms with E-state index in [9.17, 15) is 9.59 Å². The molecule has 5 nitrogen and oxygen atoms in total. The third-order valence-electron chi connectivity index (χ3n) is 5.15. The summed E-state index contributed by atoms with van der Waals surface area (Å²) in [6.07, 6.45) is 1.53. The molecule has 4 rings (SSSR count). The van der Waals surface area contributed by atoms with E-state index in [1.807, 2.05) is 63.2 Å². The maximum atomic E-state index is 13.6. The molecular formula is C23H22N2O3. The fraction of sp³-hybridized carbons (Fsp3) is 0.217. The Morgan fingerprint density at radius 1 is 0.893 bits per heavy atom. The van der Waals surface area contributed by atoms with E-state index in [1.54, 1.807) is 21.9 Å². The van der Waals surface area contributed by atoms with Crippen LogP contribution >= 0.6 is 0 Å². The number of aryl methyl sites for hydroxylation is 3. The maximum absolute atomic E-state index is 13.6. The molecular weight excluding hydrogens is 352 g/mol. The molecule has 0 N–H and O–H groups in total. The number of para-hydroxylation sites is 1. The van der Waals surface area contributed by atoms with E-state index in [0.717, 1.165) is 22.4 Å². The van der Waals surface area contributed by atoms with Gasteiger partial charge in [0.15, 0.2) is 6.04 Å². The second-order valence-corrected chi connectivity index (χ2v) is 7.18. The topological polar surface area (TPSA) is 53.8 Å². The van der Waals surface area contributed by atoms with Crippen LogP contribution in [-0.4, -0.2) is 18.4 Å². The SMILES string of the molecule is Cc1ccc(N2C(=O)CN(c3c(C)cccc3C)C(=O)[C@@H]2c2ccco2)cc1. The number of rotatable bonds is 3. The van der Waals surface area contributed by atoms with Crippen molar-refractivity contribution in [3.05, 3.63) is 83.3 Å². The predicted molar refractivity (Wildman–Crippen MR) is 108 cm³/mol. The minimum absolute atomic E-state index is 0.00435. The van der Waals surface area contributed by atoms with E-state index in [2.05, 4.69) is 0 Å². The molecule has 1 aliphatic rings. The van der Waals surface area contributed by atoms with Crippen LogP contribution in [0.1, 0.15) is 28.5 Å². The molecule has 1 fully saturated rings. The smallest absolute Gasteiger partial charge is 0.258 e. The highest BCUT2D eigenvalue weighted by Gasteiger charge is 2.43. The van der Waals surface area contributed by atoms with Crippen LogP contribution in [0.4, 0.5) is 11.4 Å². The lowest BCUT2D eigenvalue weighted by Crippen LogP contribution is -2.56. The number of benzene rings is 2. The van der Waals surface area contributed by atoms with Crippen LogP contribution in [0.25, 0.3) is 0 Å². The number of hydrogen-bond acceptors (Lipinski definition) is 3. The highest BCUT2D eigenvalue weighted by Crippen LogP contribution is 2.36. The molecule has 0 unspecified atom stereocenters. The van der Waals surface area contributed by atoms with Crippen LogP contribution in [0.2, 0.25) is 0 Å². The van der Waals surface area contributed by atoms with Gasteiger partial charge < -0.3 is 9.32 Å². The summed E-state index contributed by atoms with van der Waals surface area (Å²) in [7, 11) is 0. The predicted octanol–water partition coefficient (Wildman–Crippen LogP) is 4.33. The molecule has 0 radical (unpaired) electrons. The summed E-state index contributed by atoms with van der Waals surface area (Å²) in [5, 5.41) is 0. The molecule has 5 heteroatoms. The first-order valence-corrected chi connectivity index (χ1v) is 9.27. The Morgan fingerprint density at radius 3 is 2.18 bits per heavy atom. The Morgan fingerprint density at radius 2 is 1.57 bits per heavy atom. The van der Waals surface area contributed by atoms with E-state index < -0.39 is 6.04 Å². The van der Waals surface area contributed by atoms with Crippen LogP contribution in [0.5, 0.6) is 0 Å². The average Bonchev–Trinajstić information content (AvgIpc) is 3.19. The standard InChI is InChI=1S/C23H22N2O3/c1-15-9-11-18(12-10-15)25-20(26)14-24(21-16(2)6-4-7-17(21)3)23(27)22(25)19-8-5-13-28-19/h4-13,22H,14H2,1-3H3/t22-/m0/s1. The van der Waals surface area contributed by atoms with E-state index >= 15 is 0 Å². The highest BCUT2D eigenvalue weighted by atomic mass is 16.3. The quantitative estimate of drug-likeness (QED) is 0.686. The van der Waals surface area contributed by atoms with Crippen molar-refractivity contribution in [1.29, 1.82) is 0 Å². The molecule has 28 heavy (non-hydrogen) atoms. The van der Waals surface area contributed by atoms with Crippen LogP contribution in [0.15, 0.2) is 65.3 Å². The number of carbonyl (C=O) groups is 2. The van der Waals surface area contributed by atoms with Crippen LogP contribution in [0, 0.1) is 20.8 Å². The first-order valence-electron chi connectivity index (χ1n) is 9.27. The number of piperazine rings is 1. The Labute approximate surface area is 164 Å². The third kappa shape index (κ3) is 2.99. The molecule has 1 atom stereocenters. The van der Waals surface area contributed by atoms with E-state index in [1.165, 1.54) is 6.26 Å². The van der Waals surface area contributed by atoms with Gasteiger partial charge in [-0.15, -0.1) is 0 Å². The van der Waals surface area contributed by atoms with Gasteiger partial charge in [-0.2, -0.15) is 0 Å². The number of furan rings is 1. The van der Waals surface area contributed by atoms with Gasteiger partial charge in [0.1, 0.15) is 12.3 Å². The second-order valence-electron chi connectivity index (χ2n) is 7.18. The van der Waals surface area contributed by atoms with Gasteiger partial charge in [0.05, 0.1) is 12.0 Å². The lowest BCUT2D eigenvalue weighted by atomic mass is 10.0. The third-order valence-corrected chi connectivity index (χ3v) is 5.15. The van der Waals surface area contributed by atoms with Gasteiger partial charge in [0.2, 0.25) is 5.91 Å². The molecule has 1 aliphatic heterocycles. The van der Waals surface area contributed by atoms with Crippen molar-refractivity contribution in [1.82, 2.24) is 0 Å². The van der Waals surface area contributed by atoms with Gasteiger partial charge in [-0.1, -0.05) is 35.9 Å². The number of carbonyl (C=O) groups excluding carboxylic acids is 2.